The highest BCUT2D eigenvalue weighted by Gasteiger charge is 2.23. The Morgan fingerprint density at radius 2 is 1.66 bits per heavy atom. The highest BCUT2D eigenvalue weighted by Crippen LogP contribution is 2.19. The molecule has 0 aromatic carbocycles. The van der Waals surface area contributed by atoms with Crippen molar-refractivity contribution >= 4 is 11.7 Å². The van der Waals surface area contributed by atoms with Crippen LogP contribution in [-0.4, -0.2) is 66.3 Å². The van der Waals surface area contributed by atoms with Gasteiger partial charge < -0.3 is 9.80 Å². The molecule has 1 saturated heterocycles. The molecule has 0 N–H and O–H groups in total. The molecule has 168 valence electrons. The van der Waals surface area contributed by atoms with Crippen molar-refractivity contribution < 1.29 is 4.79 Å². The van der Waals surface area contributed by atoms with E-state index in [0.717, 1.165) is 23.0 Å². The number of nitrogens with zero attached hydrogens (tertiary/aromatic N) is 8. The fraction of sp³-hybridized carbons (Fsp3) is 0.455. The summed E-state index contributed by atoms with van der Waals surface area (Å²) in [5.74, 6) is 2.14. The van der Waals surface area contributed by atoms with Crippen molar-refractivity contribution in [1.82, 2.24) is 34.2 Å². The monoisotopic (exact) mass is 436 g/mol. The molecular formula is C22H28N8O2. The zero-order chi connectivity index (χ0) is 23.0. The lowest BCUT2D eigenvalue weighted by atomic mass is 10.2. The summed E-state index contributed by atoms with van der Waals surface area (Å²) in [5, 5.41) is 4.52. The van der Waals surface area contributed by atoms with E-state index in [2.05, 4.69) is 25.0 Å². The summed E-state index contributed by atoms with van der Waals surface area (Å²) in [4.78, 5) is 42.4. The fourth-order valence-corrected chi connectivity index (χ4v) is 3.89. The summed E-state index contributed by atoms with van der Waals surface area (Å²) in [6.45, 7) is 11.8. The average molecular weight is 437 g/mol. The lowest BCUT2D eigenvalue weighted by Crippen LogP contribution is -2.50. The average Bonchev–Trinajstić information content (AvgIpc) is 3.11. The summed E-state index contributed by atoms with van der Waals surface area (Å²) in [6, 6.07) is 3.95. The Kier molecular flexibility index (Phi) is 5.77. The van der Waals surface area contributed by atoms with Crippen LogP contribution in [0.25, 0.3) is 5.82 Å². The Morgan fingerprint density at radius 1 is 0.969 bits per heavy atom. The molecule has 0 saturated carbocycles. The molecule has 0 radical (unpaired) electrons. The standard InChI is InChI=1S/C22H28N8O2/c1-14-10-15(2)30(26-14)20-11-19(24-18(5)25-20)27-6-8-28(9-7-27)21(31)12-29-13-23-17(4)16(3)22(29)32/h10-11,13H,6-9,12H2,1-5H3. The third-order valence-corrected chi connectivity index (χ3v) is 5.81. The maximum Gasteiger partial charge on any atom is 0.256 e. The molecule has 0 atom stereocenters. The Bertz CT molecular complexity index is 1220. The second-order valence-electron chi connectivity index (χ2n) is 8.23. The molecule has 0 unspecified atom stereocenters. The number of carbonyl (C=O) groups excluding carboxylic acids is 1. The third kappa shape index (κ3) is 4.25. The van der Waals surface area contributed by atoms with E-state index in [-0.39, 0.29) is 18.0 Å². The molecular weight excluding hydrogens is 408 g/mol. The van der Waals surface area contributed by atoms with Crippen LogP contribution in [0.5, 0.6) is 0 Å². The highest BCUT2D eigenvalue weighted by molar-refractivity contribution is 5.76. The van der Waals surface area contributed by atoms with Gasteiger partial charge in [-0.3, -0.25) is 14.2 Å². The van der Waals surface area contributed by atoms with Crippen molar-refractivity contribution in [2.75, 3.05) is 31.1 Å². The summed E-state index contributed by atoms with van der Waals surface area (Å²) < 4.78 is 3.20. The zero-order valence-corrected chi connectivity index (χ0v) is 19.2. The summed E-state index contributed by atoms with van der Waals surface area (Å²) in [6.07, 6.45) is 1.45. The van der Waals surface area contributed by atoms with Gasteiger partial charge in [-0.15, -0.1) is 0 Å². The number of anilines is 1. The summed E-state index contributed by atoms with van der Waals surface area (Å²) in [7, 11) is 0. The Balaban J connectivity index is 1.45. The minimum absolute atomic E-state index is 0.00163. The van der Waals surface area contributed by atoms with Gasteiger partial charge in [-0.05, 0) is 40.7 Å². The largest absolute Gasteiger partial charge is 0.353 e. The van der Waals surface area contributed by atoms with Gasteiger partial charge in [0.25, 0.3) is 5.56 Å². The van der Waals surface area contributed by atoms with Gasteiger partial charge in [0.05, 0.1) is 12.0 Å². The van der Waals surface area contributed by atoms with Gasteiger partial charge >= 0.3 is 0 Å². The van der Waals surface area contributed by atoms with Gasteiger partial charge in [-0.1, -0.05) is 0 Å². The summed E-state index contributed by atoms with van der Waals surface area (Å²) in [5.41, 5.74) is 3.04. The maximum absolute atomic E-state index is 12.8. The van der Waals surface area contributed by atoms with Crippen LogP contribution in [0.4, 0.5) is 5.82 Å². The Hall–Kier alpha value is -3.56. The lowest BCUT2D eigenvalue weighted by Gasteiger charge is -2.35. The van der Waals surface area contributed by atoms with Gasteiger partial charge in [0.1, 0.15) is 18.2 Å². The van der Waals surface area contributed by atoms with Crippen LogP contribution < -0.4 is 10.5 Å². The van der Waals surface area contributed by atoms with Crippen LogP contribution >= 0.6 is 0 Å². The quantitative estimate of drug-likeness (QED) is 0.604. The van der Waals surface area contributed by atoms with Crippen LogP contribution in [0.2, 0.25) is 0 Å². The molecule has 1 fully saturated rings. The molecule has 32 heavy (non-hydrogen) atoms. The predicted molar refractivity (Wildman–Crippen MR) is 120 cm³/mol. The second kappa shape index (κ2) is 8.52. The molecule has 0 aliphatic carbocycles. The van der Waals surface area contributed by atoms with Crippen molar-refractivity contribution in [1.29, 1.82) is 0 Å². The molecule has 10 nitrogen and oxygen atoms in total. The minimum Gasteiger partial charge on any atom is -0.353 e. The summed E-state index contributed by atoms with van der Waals surface area (Å²) >= 11 is 0. The molecule has 10 heteroatoms. The van der Waals surface area contributed by atoms with E-state index in [0.29, 0.717) is 43.3 Å². The first-order valence-electron chi connectivity index (χ1n) is 10.7. The molecule has 1 aliphatic heterocycles. The van der Waals surface area contributed by atoms with Crippen LogP contribution in [0.1, 0.15) is 28.5 Å². The first kappa shape index (κ1) is 21.7. The van der Waals surface area contributed by atoms with E-state index in [1.54, 1.807) is 18.7 Å². The van der Waals surface area contributed by atoms with Gasteiger partial charge in [0.2, 0.25) is 5.91 Å². The lowest BCUT2D eigenvalue weighted by molar-refractivity contribution is -0.132. The SMILES string of the molecule is Cc1cc(C)n(-c2cc(N3CCN(C(=O)Cn4cnc(C)c(C)c4=O)CC3)nc(C)n2)n1. The number of hydrogen-bond acceptors (Lipinski definition) is 7. The highest BCUT2D eigenvalue weighted by atomic mass is 16.2. The smallest absolute Gasteiger partial charge is 0.256 e. The van der Waals surface area contributed by atoms with Gasteiger partial charge in [-0.25, -0.2) is 19.6 Å². The van der Waals surface area contributed by atoms with Crippen molar-refractivity contribution in [3.8, 4) is 5.82 Å². The molecule has 1 aliphatic rings. The van der Waals surface area contributed by atoms with Crippen LogP contribution in [0, 0.1) is 34.6 Å². The van der Waals surface area contributed by atoms with E-state index >= 15 is 0 Å². The molecule has 3 aromatic rings. The molecule has 4 rings (SSSR count). The maximum atomic E-state index is 12.8. The van der Waals surface area contributed by atoms with Crippen molar-refractivity contribution in [3.63, 3.8) is 0 Å². The van der Waals surface area contributed by atoms with Crippen molar-refractivity contribution in [2.45, 2.75) is 41.2 Å². The van der Waals surface area contributed by atoms with Gasteiger partial charge in [0, 0.05) is 49.2 Å². The van der Waals surface area contributed by atoms with Crippen molar-refractivity contribution in [3.05, 3.63) is 57.3 Å². The Labute approximate surface area is 186 Å². The van der Waals surface area contributed by atoms with E-state index < -0.39 is 0 Å². The van der Waals surface area contributed by atoms with E-state index in [9.17, 15) is 9.59 Å². The fourth-order valence-electron chi connectivity index (χ4n) is 3.89. The number of hydrogen-bond donors (Lipinski definition) is 0. The molecule has 0 bridgehead atoms. The predicted octanol–water partition coefficient (Wildman–Crippen LogP) is 1.11. The van der Waals surface area contributed by atoms with E-state index in [1.807, 2.05) is 37.6 Å². The molecule has 4 heterocycles. The topological polar surface area (TPSA) is 102 Å². The first-order chi connectivity index (χ1) is 15.2. The molecule has 1 amide bonds. The van der Waals surface area contributed by atoms with Crippen LogP contribution in [0.3, 0.4) is 0 Å². The van der Waals surface area contributed by atoms with E-state index in [1.165, 1.54) is 10.9 Å². The zero-order valence-electron chi connectivity index (χ0n) is 19.2. The Morgan fingerprint density at radius 3 is 2.31 bits per heavy atom. The van der Waals surface area contributed by atoms with Crippen LogP contribution in [-0.2, 0) is 11.3 Å². The number of amides is 1. The molecule has 3 aromatic heterocycles. The van der Waals surface area contributed by atoms with Gasteiger partial charge in [0.15, 0.2) is 5.82 Å². The van der Waals surface area contributed by atoms with Crippen LogP contribution in [0.15, 0.2) is 23.3 Å². The van der Waals surface area contributed by atoms with E-state index in [4.69, 9.17) is 0 Å². The third-order valence-electron chi connectivity index (χ3n) is 5.81. The minimum atomic E-state index is -0.169. The number of carbonyl (C=O) groups is 1. The number of piperazine rings is 1. The first-order valence-corrected chi connectivity index (χ1v) is 10.7. The number of aromatic nitrogens is 6. The second-order valence-corrected chi connectivity index (χ2v) is 8.23. The molecule has 0 spiro atoms. The van der Waals surface area contributed by atoms with Gasteiger partial charge in [-0.2, -0.15) is 5.10 Å². The number of aryl methyl sites for hydroxylation is 4. The number of rotatable bonds is 4. The van der Waals surface area contributed by atoms with Crippen molar-refractivity contribution in [2.24, 2.45) is 0 Å². The normalized spacial score (nSPS) is 14.2.